The lowest BCUT2D eigenvalue weighted by Crippen LogP contribution is -2.17. The lowest BCUT2D eigenvalue weighted by Gasteiger charge is -2.08. The van der Waals surface area contributed by atoms with Crippen LogP contribution in [-0.4, -0.2) is 25.4 Å². The molecule has 1 saturated carbocycles. The van der Waals surface area contributed by atoms with Gasteiger partial charge >= 0.3 is 0 Å². The SMILES string of the molecule is Cc1cc(C#CCCO)cc(NS(=O)(=O)C2CC2)c1. The summed E-state index contributed by atoms with van der Waals surface area (Å²) in [5.74, 6) is 5.74. The fraction of sp³-hybridized carbons (Fsp3) is 0.429. The number of aliphatic hydroxyl groups excluding tert-OH is 1. The zero-order valence-electron chi connectivity index (χ0n) is 10.8. The van der Waals surface area contributed by atoms with Gasteiger partial charge in [0.2, 0.25) is 10.0 Å². The van der Waals surface area contributed by atoms with Gasteiger partial charge in [0.1, 0.15) is 0 Å². The van der Waals surface area contributed by atoms with Crippen molar-refractivity contribution in [1.82, 2.24) is 0 Å². The van der Waals surface area contributed by atoms with E-state index in [9.17, 15) is 8.42 Å². The number of benzene rings is 1. The normalized spacial score (nSPS) is 14.6. The maximum atomic E-state index is 11.9. The van der Waals surface area contributed by atoms with Gasteiger partial charge < -0.3 is 5.11 Å². The van der Waals surface area contributed by atoms with Gasteiger partial charge in [0, 0.05) is 17.7 Å². The summed E-state index contributed by atoms with van der Waals surface area (Å²) in [6.07, 6.45) is 1.89. The van der Waals surface area contributed by atoms with Crippen molar-refractivity contribution in [3.05, 3.63) is 29.3 Å². The van der Waals surface area contributed by atoms with E-state index in [0.717, 1.165) is 24.0 Å². The van der Waals surface area contributed by atoms with Crippen molar-refractivity contribution >= 4 is 15.7 Å². The summed E-state index contributed by atoms with van der Waals surface area (Å²) >= 11 is 0. The monoisotopic (exact) mass is 279 g/mol. The second-order valence-electron chi connectivity index (χ2n) is 4.71. The van der Waals surface area contributed by atoms with E-state index in [4.69, 9.17) is 5.11 Å². The Morgan fingerprint density at radius 2 is 2.11 bits per heavy atom. The van der Waals surface area contributed by atoms with Crippen LogP contribution < -0.4 is 4.72 Å². The van der Waals surface area contributed by atoms with Crippen LogP contribution in [0.15, 0.2) is 18.2 Å². The van der Waals surface area contributed by atoms with Crippen LogP contribution in [0.1, 0.15) is 30.4 Å². The summed E-state index contributed by atoms with van der Waals surface area (Å²) in [6.45, 7) is 1.92. The second kappa shape index (κ2) is 5.64. The predicted octanol–water partition coefficient (Wildman–Crippen LogP) is 1.63. The summed E-state index contributed by atoms with van der Waals surface area (Å²) < 4.78 is 26.3. The number of sulfonamides is 1. The highest BCUT2D eigenvalue weighted by atomic mass is 32.2. The summed E-state index contributed by atoms with van der Waals surface area (Å²) in [5.41, 5.74) is 2.26. The Kier molecular flexibility index (Phi) is 4.13. The average molecular weight is 279 g/mol. The molecule has 0 heterocycles. The molecule has 0 unspecified atom stereocenters. The number of hydrogen-bond acceptors (Lipinski definition) is 3. The van der Waals surface area contributed by atoms with Gasteiger partial charge in [-0.3, -0.25) is 4.72 Å². The molecule has 4 nitrogen and oxygen atoms in total. The molecule has 1 aliphatic rings. The van der Waals surface area contributed by atoms with Crippen molar-refractivity contribution in [2.45, 2.75) is 31.4 Å². The average Bonchev–Trinajstić information content (AvgIpc) is 3.11. The Labute approximate surface area is 113 Å². The first kappa shape index (κ1) is 13.9. The van der Waals surface area contributed by atoms with Gasteiger partial charge in [0.05, 0.1) is 11.9 Å². The highest BCUT2D eigenvalue weighted by molar-refractivity contribution is 7.93. The molecule has 0 spiro atoms. The zero-order valence-corrected chi connectivity index (χ0v) is 11.6. The van der Waals surface area contributed by atoms with Gasteiger partial charge in [-0.2, -0.15) is 0 Å². The van der Waals surface area contributed by atoms with Gasteiger partial charge in [-0.15, -0.1) is 0 Å². The first-order chi connectivity index (χ1) is 9.01. The molecule has 1 aromatic carbocycles. The Morgan fingerprint density at radius 1 is 1.37 bits per heavy atom. The molecule has 1 fully saturated rings. The van der Waals surface area contributed by atoms with E-state index in [1.54, 1.807) is 12.1 Å². The highest BCUT2D eigenvalue weighted by Gasteiger charge is 2.35. The molecule has 0 saturated heterocycles. The fourth-order valence-corrected chi connectivity index (χ4v) is 3.13. The van der Waals surface area contributed by atoms with E-state index in [2.05, 4.69) is 16.6 Å². The molecular formula is C14H17NO3S. The third kappa shape index (κ3) is 3.98. The van der Waals surface area contributed by atoms with Crippen LogP contribution in [0.3, 0.4) is 0 Å². The van der Waals surface area contributed by atoms with Crippen LogP contribution in [0.2, 0.25) is 0 Å². The van der Waals surface area contributed by atoms with Crippen LogP contribution in [0.4, 0.5) is 5.69 Å². The molecule has 0 radical (unpaired) electrons. The molecule has 2 rings (SSSR count). The predicted molar refractivity (Wildman–Crippen MR) is 75.3 cm³/mol. The Balaban J connectivity index is 2.19. The molecular weight excluding hydrogens is 262 g/mol. The zero-order chi connectivity index (χ0) is 13.9. The minimum Gasteiger partial charge on any atom is -0.395 e. The molecule has 0 atom stereocenters. The largest absolute Gasteiger partial charge is 0.395 e. The van der Waals surface area contributed by atoms with Crippen LogP contribution in [-0.2, 0) is 10.0 Å². The van der Waals surface area contributed by atoms with Gasteiger partial charge in [-0.25, -0.2) is 8.42 Å². The number of rotatable bonds is 4. The molecule has 0 amide bonds. The van der Waals surface area contributed by atoms with E-state index in [1.165, 1.54) is 0 Å². The Morgan fingerprint density at radius 3 is 2.74 bits per heavy atom. The van der Waals surface area contributed by atoms with E-state index in [1.807, 2.05) is 13.0 Å². The van der Waals surface area contributed by atoms with Gasteiger partial charge in [0.15, 0.2) is 0 Å². The van der Waals surface area contributed by atoms with Gasteiger partial charge in [-0.05, 0) is 43.5 Å². The van der Waals surface area contributed by atoms with E-state index in [-0.39, 0.29) is 11.9 Å². The number of anilines is 1. The third-order valence-corrected chi connectivity index (χ3v) is 4.64. The quantitative estimate of drug-likeness (QED) is 0.823. The molecule has 0 aromatic heterocycles. The molecule has 5 heteroatoms. The lowest BCUT2D eigenvalue weighted by molar-refractivity contribution is 0.305. The molecule has 102 valence electrons. The molecule has 1 aromatic rings. The van der Waals surface area contributed by atoms with Crippen molar-refractivity contribution in [2.24, 2.45) is 0 Å². The molecule has 0 aliphatic heterocycles. The maximum absolute atomic E-state index is 11.9. The fourth-order valence-electron chi connectivity index (χ4n) is 1.76. The van der Waals surface area contributed by atoms with E-state index in [0.29, 0.717) is 12.1 Å². The number of nitrogens with one attached hydrogen (secondary N) is 1. The summed E-state index contributed by atoms with van der Waals surface area (Å²) in [4.78, 5) is 0. The first-order valence-corrected chi connectivity index (χ1v) is 7.79. The third-order valence-electron chi connectivity index (χ3n) is 2.77. The van der Waals surface area contributed by atoms with E-state index < -0.39 is 10.0 Å². The van der Waals surface area contributed by atoms with Crippen LogP contribution in [0.25, 0.3) is 0 Å². The summed E-state index contributed by atoms with van der Waals surface area (Å²) in [7, 11) is -3.24. The van der Waals surface area contributed by atoms with Crippen LogP contribution in [0.5, 0.6) is 0 Å². The minimum absolute atomic E-state index is 0.0278. The summed E-state index contributed by atoms with van der Waals surface area (Å²) in [5, 5.41) is 8.44. The topological polar surface area (TPSA) is 66.4 Å². The van der Waals surface area contributed by atoms with Gasteiger partial charge in [-0.1, -0.05) is 11.8 Å². The van der Waals surface area contributed by atoms with Crippen molar-refractivity contribution in [2.75, 3.05) is 11.3 Å². The molecule has 0 bridgehead atoms. The minimum atomic E-state index is -3.24. The first-order valence-electron chi connectivity index (χ1n) is 6.24. The van der Waals surface area contributed by atoms with E-state index >= 15 is 0 Å². The summed E-state index contributed by atoms with van der Waals surface area (Å²) in [6, 6.07) is 5.40. The standard InChI is InChI=1S/C14H17NO3S/c1-11-8-12(4-2-3-7-16)10-13(9-11)15-19(17,18)14-5-6-14/h8-10,14-16H,3,5-7H2,1H3. The Hall–Kier alpha value is -1.51. The van der Waals surface area contributed by atoms with Crippen LogP contribution >= 0.6 is 0 Å². The van der Waals surface area contributed by atoms with Crippen molar-refractivity contribution in [3.8, 4) is 11.8 Å². The number of aliphatic hydroxyl groups is 1. The van der Waals surface area contributed by atoms with Crippen molar-refractivity contribution in [3.63, 3.8) is 0 Å². The molecule has 1 aliphatic carbocycles. The van der Waals surface area contributed by atoms with Crippen molar-refractivity contribution < 1.29 is 13.5 Å². The number of hydrogen-bond donors (Lipinski definition) is 2. The second-order valence-corrected chi connectivity index (χ2v) is 6.67. The number of aryl methyl sites for hydroxylation is 1. The molecule has 2 N–H and O–H groups in total. The van der Waals surface area contributed by atoms with Crippen molar-refractivity contribution in [1.29, 1.82) is 0 Å². The lowest BCUT2D eigenvalue weighted by atomic mass is 10.1. The molecule has 19 heavy (non-hydrogen) atoms. The van der Waals surface area contributed by atoms with Gasteiger partial charge in [0.25, 0.3) is 0 Å². The highest BCUT2D eigenvalue weighted by Crippen LogP contribution is 2.30. The smallest absolute Gasteiger partial charge is 0.235 e. The Bertz CT molecular complexity index is 622. The maximum Gasteiger partial charge on any atom is 0.235 e. The van der Waals surface area contributed by atoms with Crippen LogP contribution in [0, 0.1) is 18.8 Å².